The highest BCUT2D eigenvalue weighted by Gasteiger charge is 2.12. The molecule has 2 N–H and O–H groups in total. The number of hydrogen-bond donors (Lipinski definition) is 2. The van der Waals surface area contributed by atoms with E-state index >= 15 is 0 Å². The molecule has 0 aliphatic rings. The van der Waals surface area contributed by atoms with E-state index in [4.69, 9.17) is 28.3 Å². The van der Waals surface area contributed by atoms with Crippen LogP contribution in [0.1, 0.15) is 29.6 Å². The molecule has 7 heteroatoms. The number of carbonyl (C=O) groups is 3. The van der Waals surface area contributed by atoms with Gasteiger partial charge in [0.1, 0.15) is 0 Å². The fourth-order valence-corrected chi connectivity index (χ4v) is 1.97. The molecule has 0 saturated carbocycles. The van der Waals surface area contributed by atoms with Crippen LogP contribution in [0.2, 0.25) is 10.0 Å². The van der Waals surface area contributed by atoms with Crippen LogP contribution >= 0.6 is 23.2 Å². The van der Waals surface area contributed by atoms with Crippen molar-refractivity contribution in [2.24, 2.45) is 0 Å². The Morgan fingerprint density at radius 1 is 1.15 bits per heavy atom. The average Bonchev–Trinajstić information content (AvgIpc) is 2.35. The highest BCUT2D eigenvalue weighted by molar-refractivity contribution is 6.36. The van der Waals surface area contributed by atoms with E-state index in [1.54, 1.807) is 0 Å². The van der Waals surface area contributed by atoms with Gasteiger partial charge in [0.2, 0.25) is 0 Å². The van der Waals surface area contributed by atoms with Gasteiger partial charge >= 0.3 is 5.97 Å². The Labute approximate surface area is 125 Å². The summed E-state index contributed by atoms with van der Waals surface area (Å²) in [6.45, 7) is -0.155. The van der Waals surface area contributed by atoms with Gasteiger partial charge in [0.25, 0.3) is 5.91 Å². The van der Waals surface area contributed by atoms with Crippen LogP contribution in [-0.4, -0.2) is 29.3 Å². The summed E-state index contributed by atoms with van der Waals surface area (Å²) in [6.07, 6.45) is 0.301. The molecule has 5 nitrogen and oxygen atoms in total. The van der Waals surface area contributed by atoms with Crippen molar-refractivity contribution in [3.05, 3.63) is 33.8 Å². The summed E-state index contributed by atoms with van der Waals surface area (Å²) in [5.41, 5.74) is 0.231. The Hall–Kier alpha value is -1.59. The number of carboxylic acids is 1. The minimum atomic E-state index is -0.949. The second-order valence-corrected chi connectivity index (χ2v) is 4.94. The number of benzene rings is 1. The molecule has 0 spiro atoms. The zero-order valence-corrected chi connectivity index (χ0v) is 12.0. The van der Waals surface area contributed by atoms with Crippen LogP contribution in [0.25, 0.3) is 0 Å². The summed E-state index contributed by atoms with van der Waals surface area (Å²) >= 11 is 11.6. The lowest BCUT2D eigenvalue weighted by atomic mass is 10.1. The van der Waals surface area contributed by atoms with Crippen molar-refractivity contribution < 1.29 is 19.5 Å². The molecule has 0 saturated heterocycles. The molecule has 1 aromatic carbocycles. The van der Waals surface area contributed by atoms with E-state index in [9.17, 15) is 14.4 Å². The van der Waals surface area contributed by atoms with E-state index < -0.39 is 11.9 Å². The molecular formula is C13H13Cl2NO4. The highest BCUT2D eigenvalue weighted by atomic mass is 35.5. The zero-order valence-electron chi connectivity index (χ0n) is 10.5. The van der Waals surface area contributed by atoms with Crippen LogP contribution in [0.5, 0.6) is 0 Å². The predicted molar refractivity (Wildman–Crippen MR) is 75.3 cm³/mol. The lowest BCUT2D eigenvalue weighted by Crippen LogP contribution is -2.29. The average molecular weight is 318 g/mol. The van der Waals surface area contributed by atoms with Gasteiger partial charge < -0.3 is 10.4 Å². The predicted octanol–water partition coefficient (Wildman–Crippen LogP) is 2.55. The van der Waals surface area contributed by atoms with Crippen molar-refractivity contribution >= 4 is 40.9 Å². The van der Waals surface area contributed by atoms with E-state index in [0.29, 0.717) is 5.02 Å². The van der Waals surface area contributed by atoms with Gasteiger partial charge in [-0.3, -0.25) is 14.4 Å². The second-order valence-electron chi connectivity index (χ2n) is 4.09. The normalized spacial score (nSPS) is 10.1. The molecule has 0 atom stereocenters. The van der Waals surface area contributed by atoms with Crippen LogP contribution in [0, 0.1) is 0 Å². The first-order valence-corrected chi connectivity index (χ1v) is 6.62. The standard InChI is InChI=1S/C13H13Cl2NO4/c14-8-4-5-10(11(15)6-8)13(20)16-7-9(17)2-1-3-12(18)19/h4-6H,1-3,7H2,(H,16,20)(H,18,19). The van der Waals surface area contributed by atoms with Crippen molar-refractivity contribution in [3.8, 4) is 0 Å². The fourth-order valence-electron chi connectivity index (χ4n) is 1.47. The van der Waals surface area contributed by atoms with Crippen molar-refractivity contribution in [1.82, 2.24) is 5.32 Å². The maximum absolute atomic E-state index is 11.8. The number of aliphatic carboxylic acids is 1. The monoisotopic (exact) mass is 317 g/mol. The summed E-state index contributed by atoms with van der Waals surface area (Å²) in [6, 6.07) is 4.43. The van der Waals surface area contributed by atoms with Crippen LogP contribution in [0.4, 0.5) is 0 Å². The Kier molecular flexibility index (Phi) is 6.48. The van der Waals surface area contributed by atoms with Crippen LogP contribution in [0.15, 0.2) is 18.2 Å². The molecule has 0 aliphatic heterocycles. The smallest absolute Gasteiger partial charge is 0.303 e. The number of carboxylic acid groups (broad SMARTS) is 1. The molecule has 0 unspecified atom stereocenters. The Morgan fingerprint density at radius 3 is 2.45 bits per heavy atom. The molecule has 0 bridgehead atoms. The van der Waals surface area contributed by atoms with Gasteiger partial charge in [-0.2, -0.15) is 0 Å². The molecule has 0 fully saturated rings. The number of nitrogens with one attached hydrogen (secondary N) is 1. The summed E-state index contributed by atoms with van der Waals surface area (Å²) in [5.74, 6) is -1.65. The third-order valence-electron chi connectivity index (χ3n) is 2.47. The van der Waals surface area contributed by atoms with Crippen molar-refractivity contribution in [3.63, 3.8) is 0 Å². The maximum Gasteiger partial charge on any atom is 0.303 e. The molecule has 20 heavy (non-hydrogen) atoms. The molecule has 1 aromatic rings. The minimum Gasteiger partial charge on any atom is -0.481 e. The molecular weight excluding hydrogens is 305 g/mol. The zero-order chi connectivity index (χ0) is 15.1. The quantitative estimate of drug-likeness (QED) is 0.809. The Morgan fingerprint density at radius 2 is 1.85 bits per heavy atom. The summed E-state index contributed by atoms with van der Waals surface area (Å²) in [7, 11) is 0. The Balaban J connectivity index is 2.43. The Bertz CT molecular complexity index is 531. The molecule has 0 heterocycles. The maximum atomic E-state index is 11.8. The number of Topliss-reactive ketones (excluding diaryl/α,β-unsaturated/α-hetero) is 1. The van der Waals surface area contributed by atoms with Gasteiger partial charge in [-0.25, -0.2) is 0 Å². The molecule has 0 aliphatic carbocycles. The molecule has 0 radical (unpaired) electrons. The first-order chi connectivity index (χ1) is 9.40. The van der Waals surface area contributed by atoms with Gasteiger partial charge in [-0.15, -0.1) is 0 Å². The number of halogens is 2. The van der Waals surface area contributed by atoms with Crippen LogP contribution in [0.3, 0.4) is 0 Å². The van der Waals surface area contributed by atoms with E-state index in [1.807, 2.05) is 0 Å². The van der Waals surface area contributed by atoms with Crippen LogP contribution in [-0.2, 0) is 9.59 Å². The summed E-state index contributed by atoms with van der Waals surface area (Å²) < 4.78 is 0. The third-order valence-corrected chi connectivity index (χ3v) is 3.02. The SMILES string of the molecule is O=C(O)CCCC(=O)CNC(=O)c1ccc(Cl)cc1Cl. The fraction of sp³-hybridized carbons (Fsp3) is 0.308. The topological polar surface area (TPSA) is 83.5 Å². The first-order valence-electron chi connectivity index (χ1n) is 5.87. The van der Waals surface area contributed by atoms with Gasteiger partial charge in [-0.05, 0) is 24.6 Å². The van der Waals surface area contributed by atoms with E-state index in [0.717, 1.165) is 0 Å². The number of rotatable bonds is 7. The van der Waals surface area contributed by atoms with Gasteiger partial charge in [-0.1, -0.05) is 23.2 Å². The van der Waals surface area contributed by atoms with Gasteiger partial charge in [0.05, 0.1) is 17.1 Å². The van der Waals surface area contributed by atoms with Crippen molar-refractivity contribution in [2.75, 3.05) is 6.54 Å². The number of carbonyl (C=O) groups excluding carboxylic acids is 2. The van der Waals surface area contributed by atoms with E-state index in [-0.39, 0.29) is 42.2 Å². The summed E-state index contributed by atoms with van der Waals surface area (Å²) in [4.78, 5) is 33.5. The van der Waals surface area contributed by atoms with Gasteiger partial charge in [0, 0.05) is 17.9 Å². The lowest BCUT2D eigenvalue weighted by Gasteiger charge is -2.06. The largest absolute Gasteiger partial charge is 0.481 e. The second kappa shape index (κ2) is 7.87. The van der Waals surface area contributed by atoms with Crippen molar-refractivity contribution in [1.29, 1.82) is 0 Å². The number of hydrogen-bond acceptors (Lipinski definition) is 3. The summed E-state index contributed by atoms with van der Waals surface area (Å²) in [5, 5.41) is 11.5. The molecule has 108 valence electrons. The molecule has 0 aromatic heterocycles. The lowest BCUT2D eigenvalue weighted by molar-refractivity contribution is -0.137. The van der Waals surface area contributed by atoms with E-state index in [2.05, 4.69) is 5.32 Å². The number of ketones is 1. The van der Waals surface area contributed by atoms with Gasteiger partial charge in [0.15, 0.2) is 5.78 Å². The first kappa shape index (κ1) is 16.5. The molecule has 1 amide bonds. The van der Waals surface area contributed by atoms with Crippen molar-refractivity contribution in [2.45, 2.75) is 19.3 Å². The van der Waals surface area contributed by atoms with E-state index in [1.165, 1.54) is 18.2 Å². The van der Waals surface area contributed by atoms with Crippen LogP contribution < -0.4 is 5.32 Å². The third kappa shape index (κ3) is 5.59. The minimum absolute atomic E-state index is 0.0668. The highest BCUT2D eigenvalue weighted by Crippen LogP contribution is 2.20. The molecule has 1 rings (SSSR count). The number of amides is 1.